The van der Waals surface area contributed by atoms with Crippen LogP contribution in [0.25, 0.3) is 0 Å². The van der Waals surface area contributed by atoms with Gasteiger partial charge in [0, 0.05) is 13.0 Å². The molecule has 0 aromatic rings. The minimum atomic E-state index is -0.0653. The molecule has 0 spiro atoms. The highest BCUT2D eigenvalue weighted by atomic mass is 32.1. The smallest absolute Gasteiger partial charge is 0.238 e. The third-order valence-corrected chi connectivity index (χ3v) is 1.71. The molecule has 0 radical (unpaired) electrons. The summed E-state index contributed by atoms with van der Waals surface area (Å²) < 4.78 is 0. The zero-order chi connectivity index (χ0) is 11.8. The van der Waals surface area contributed by atoms with E-state index < -0.39 is 0 Å². The topological polar surface area (TPSA) is 53.2 Å². The van der Waals surface area contributed by atoms with Crippen LogP contribution in [0.3, 0.4) is 0 Å². The standard InChI is InChI=1S/C10H19N3OS/c1-7(2)5-9(14)12-13-10(15)11-6-8(3)4/h7H,3,5-6H2,1-2,4H3,(H,12,14)(H2,11,13,15). The molecule has 0 fully saturated rings. The number of hydrogen-bond donors (Lipinski definition) is 3. The Morgan fingerprint density at radius 3 is 2.47 bits per heavy atom. The monoisotopic (exact) mass is 229 g/mol. The van der Waals surface area contributed by atoms with Gasteiger partial charge in [-0.15, -0.1) is 0 Å². The van der Waals surface area contributed by atoms with Gasteiger partial charge < -0.3 is 5.32 Å². The van der Waals surface area contributed by atoms with E-state index in [4.69, 9.17) is 12.2 Å². The van der Waals surface area contributed by atoms with Crippen molar-refractivity contribution in [3.8, 4) is 0 Å². The predicted octanol–water partition coefficient (Wildman–Crippen LogP) is 1.10. The van der Waals surface area contributed by atoms with Crippen LogP contribution in [-0.4, -0.2) is 17.6 Å². The molecule has 15 heavy (non-hydrogen) atoms. The van der Waals surface area contributed by atoms with Crippen LogP contribution in [0.1, 0.15) is 27.2 Å². The molecular formula is C10H19N3OS. The number of thiocarbonyl (C=S) groups is 1. The van der Waals surface area contributed by atoms with Crippen molar-refractivity contribution in [1.29, 1.82) is 0 Å². The quantitative estimate of drug-likeness (QED) is 0.384. The maximum atomic E-state index is 11.2. The summed E-state index contributed by atoms with van der Waals surface area (Å²) in [7, 11) is 0. The first kappa shape index (κ1) is 13.9. The maximum Gasteiger partial charge on any atom is 0.238 e. The molecule has 0 aromatic heterocycles. The fourth-order valence-corrected chi connectivity index (χ4v) is 0.947. The minimum absolute atomic E-state index is 0.0653. The van der Waals surface area contributed by atoms with Gasteiger partial charge in [0.2, 0.25) is 5.91 Å². The lowest BCUT2D eigenvalue weighted by Crippen LogP contribution is -2.47. The van der Waals surface area contributed by atoms with Crippen molar-refractivity contribution < 1.29 is 4.79 Å². The van der Waals surface area contributed by atoms with Crippen molar-refractivity contribution in [1.82, 2.24) is 16.2 Å². The molecule has 5 heteroatoms. The number of carbonyl (C=O) groups excluding carboxylic acids is 1. The maximum absolute atomic E-state index is 11.2. The van der Waals surface area contributed by atoms with Crippen molar-refractivity contribution in [2.24, 2.45) is 5.92 Å². The third kappa shape index (κ3) is 9.21. The molecule has 0 rings (SSSR count). The van der Waals surface area contributed by atoms with E-state index in [1.54, 1.807) is 0 Å². The van der Waals surface area contributed by atoms with E-state index in [-0.39, 0.29) is 5.91 Å². The molecule has 0 aliphatic rings. The molecule has 0 saturated carbocycles. The summed E-state index contributed by atoms with van der Waals surface area (Å²) in [5.41, 5.74) is 6.12. The summed E-state index contributed by atoms with van der Waals surface area (Å²) >= 11 is 4.93. The molecule has 0 aliphatic carbocycles. The Kier molecular flexibility index (Phi) is 6.70. The van der Waals surface area contributed by atoms with E-state index >= 15 is 0 Å². The molecule has 4 nitrogen and oxygen atoms in total. The Morgan fingerprint density at radius 1 is 1.40 bits per heavy atom. The second-order valence-electron chi connectivity index (χ2n) is 3.91. The molecule has 0 heterocycles. The highest BCUT2D eigenvalue weighted by Gasteiger charge is 2.04. The van der Waals surface area contributed by atoms with Crippen LogP contribution >= 0.6 is 12.2 Å². The molecule has 0 bridgehead atoms. The number of rotatable bonds is 4. The number of nitrogens with one attached hydrogen (secondary N) is 3. The highest BCUT2D eigenvalue weighted by Crippen LogP contribution is 1.96. The van der Waals surface area contributed by atoms with Crippen molar-refractivity contribution >= 4 is 23.2 Å². The second kappa shape index (κ2) is 7.23. The summed E-state index contributed by atoms with van der Waals surface area (Å²) in [5.74, 6) is 0.272. The van der Waals surface area contributed by atoms with Crippen molar-refractivity contribution in [3.05, 3.63) is 12.2 Å². The van der Waals surface area contributed by atoms with E-state index in [2.05, 4.69) is 22.7 Å². The van der Waals surface area contributed by atoms with Gasteiger partial charge in [0.25, 0.3) is 0 Å². The first-order valence-corrected chi connectivity index (χ1v) is 5.29. The molecule has 0 aromatic carbocycles. The highest BCUT2D eigenvalue weighted by molar-refractivity contribution is 7.80. The summed E-state index contributed by atoms with van der Waals surface area (Å²) in [6, 6.07) is 0. The van der Waals surface area contributed by atoms with Crippen molar-refractivity contribution in [2.75, 3.05) is 6.54 Å². The summed E-state index contributed by atoms with van der Waals surface area (Å²) in [4.78, 5) is 11.2. The lowest BCUT2D eigenvalue weighted by atomic mass is 10.1. The number of hydrogen-bond acceptors (Lipinski definition) is 2. The predicted molar refractivity (Wildman–Crippen MR) is 66.1 cm³/mol. The van der Waals surface area contributed by atoms with Gasteiger partial charge in [-0.1, -0.05) is 26.0 Å². The largest absolute Gasteiger partial charge is 0.358 e. The van der Waals surface area contributed by atoms with Crippen molar-refractivity contribution in [3.63, 3.8) is 0 Å². The minimum Gasteiger partial charge on any atom is -0.358 e. The van der Waals surface area contributed by atoms with E-state index in [0.717, 1.165) is 5.57 Å². The summed E-state index contributed by atoms with van der Waals surface area (Å²) in [6.45, 7) is 10.2. The normalized spacial score (nSPS) is 9.60. The average molecular weight is 229 g/mol. The Bertz CT molecular complexity index is 251. The van der Waals surface area contributed by atoms with Crippen LogP contribution in [0.15, 0.2) is 12.2 Å². The third-order valence-electron chi connectivity index (χ3n) is 1.46. The zero-order valence-corrected chi connectivity index (χ0v) is 10.3. The van der Waals surface area contributed by atoms with Gasteiger partial charge in [-0.3, -0.25) is 15.6 Å². The Morgan fingerprint density at radius 2 is 2.00 bits per heavy atom. The van der Waals surface area contributed by atoms with Gasteiger partial charge >= 0.3 is 0 Å². The van der Waals surface area contributed by atoms with E-state index in [1.165, 1.54) is 0 Å². The van der Waals surface area contributed by atoms with Crippen molar-refractivity contribution in [2.45, 2.75) is 27.2 Å². The molecular weight excluding hydrogens is 210 g/mol. The molecule has 86 valence electrons. The Hall–Kier alpha value is -1.10. The fourth-order valence-electron chi connectivity index (χ4n) is 0.824. The lowest BCUT2D eigenvalue weighted by Gasteiger charge is -2.12. The van der Waals surface area contributed by atoms with Gasteiger partial charge in [0.05, 0.1) is 0 Å². The van der Waals surface area contributed by atoms with Crippen LogP contribution in [0.4, 0.5) is 0 Å². The fraction of sp³-hybridized carbons (Fsp3) is 0.600. The SMILES string of the molecule is C=C(C)CNC(=S)NNC(=O)CC(C)C. The second-order valence-corrected chi connectivity index (χ2v) is 4.32. The van der Waals surface area contributed by atoms with Crippen LogP contribution in [0, 0.1) is 5.92 Å². The van der Waals surface area contributed by atoms with E-state index in [0.29, 0.717) is 24.0 Å². The van der Waals surface area contributed by atoms with Crippen LogP contribution in [-0.2, 0) is 4.79 Å². The van der Waals surface area contributed by atoms with Crippen LogP contribution < -0.4 is 16.2 Å². The first-order chi connectivity index (χ1) is 6.91. The number of carbonyl (C=O) groups is 1. The van der Waals surface area contributed by atoms with Gasteiger partial charge in [-0.2, -0.15) is 0 Å². The lowest BCUT2D eigenvalue weighted by molar-refractivity contribution is -0.122. The average Bonchev–Trinajstić information content (AvgIpc) is 2.10. The Labute approximate surface area is 96.5 Å². The molecule has 1 amide bonds. The van der Waals surface area contributed by atoms with Gasteiger partial charge in [0.15, 0.2) is 5.11 Å². The zero-order valence-electron chi connectivity index (χ0n) is 9.52. The number of amides is 1. The van der Waals surface area contributed by atoms with Crippen LogP contribution in [0.2, 0.25) is 0 Å². The molecule has 3 N–H and O–H groups in total. The van der Waals surface area contributed by atoms with Gasteiger partial charge in [-0.05, 0) is 25.1 Å². The Balaban J connectivity index is 3.62. The molecule has 0 aliphatic heterocycles. The molecule has 0 unspecified atom stereocenters. The van der Waals surface area contributed by atoms with E-state index in [1.807, 2.05) is 20.8 Å². The van der Waals surface area contributed by atoms with Gasteiger partial charge in [-0.25, -0.2) is 0 Å². The molecule has 0 saturated heterocycles. The van der Waals surface area contributed by atoms with Crippen LogP contribution in [0.5, 0.6) is 0 Å². The number of hydrazine groups is 1. The summed E-state index contributed by atoms with van der Waals surface area (Å²) in [6.07, 6.45) is 0.482. The summed E-state index contributed by atoms with van der Waals surface area (Å²) in [5, 5.41) is 3.30. The molecule has 0 atom stereocenters. The van der Waals surface area contributed by atoms with Gasteiger partial charge in [0.1, 0.15) is 0 Å². The van der Waals surface area contributed by atoms with E-state index in [9.17, 15) is 4.79 Å². The first-order valence-electron chi connectivity index (χ1n) is 4.89.